The zero-order valence-electron chi connectivity index (χ0n) is 16.8. The van der Waals surface area contributed by atoms with E-state index in [0.29, 0.717) is 5.82 Å². The summed E-state index contributed by atoms with van der Waals surface area (Å²) in [5, 5.41) is 26.2. The summed E-state index contributed by atoms with van der Waals surface area (Å²) in [5.41, 5.74) is 9.49. The van der Waals surface area contributed by atoms with E-state index in [9.17, 15) is 0 Å². The van der Waals surface area contributed by atoms with E-state index in [0.717, 1.165) is 41.6 Å². The van der Waals surface area contributed by atoms with Gasteiger partial charge in [-0.3, -0.25) is 19.7 Å². The maximum absolute atomic E-state index is 9.00. The lowest BCUT2D eigenvalue weighted by molar-refractivity contribution is -0.135. The Kier molecular flexibility index (Phi) is 7.96. The number of carboxylic acid groups (broad SMARTS) is 2. The predicted octanol–water partition coefficient (Wildman–Crippen LogP) is 2.92. The van der Waals surface area contributed by atoms with Crippen molar-refractivity contribution in [1.29, 1.82) is 0 Å². The first-order chi connectivity index (χ1) is 14.8. The number of hydrogen-bond donors (Lipinski definition) is 5. The molecule has 0 amide bonds. The number of fused-ring (bicyclic) bond motifs is 1. The Balaban J connectivity index is 0.000000370. The van der Waals surface area contributed by atoms with Crippen LogP contribution in [-0.2, 0) is 9.59 Å². The third-order valence-electron chi connectivity index (χ3n) is 3.47. The van der Waals surface area contributed by atoms with E-state index < -0.39 is 11.9 Å². The van der Waals surface area contributed by atoms with Crippen LogP contribution in [0.15, 0.2) is 55.1 Å². The van der Waals surface area contributed by atoms with E-state index in [-0.39, 0.29) is 5.95 Å². The number of pyridine rings is 1. The molecule has 0 saturated carbocycles. The monoisotopic (exact) mass is 423 g/mol. The van der Waals surface area contributed by atoms with Gasteiger partial charge in [0.15, 0.2) is 0 Å². The lowest BCUT2D eigenvalue weighted by Crippen LogP contribution is -1.99. The average molecular weight is 423 g/mol. The van der Waals surface area contributed by atoms with Crippen LogP contribution in [-0.4, -0.2) is 47.3 Å². The molecule has 0 unspecified atom stereocenters. The van der Waals surface area contributed by atoms with Crippen LogP contribution in [0.5, 0.6) is 0 Å². The smallest absolute Gasteiger partial charge is 0.300 e. The van der Waals surface area contributed by atoms with Crippen molar-refractivity contribution in [2.45, 2.75) is 13.8 Å². The molecule has 3 heterocycles. The van der Waals surface area contributed by atoms with Crippen LogP contribution < -0.4 is 11.1 Å². The van der Waals surface area contributed by atoms with Gasteiger partial charge in [-0.15, -0.1) is 0 Å². The molecule has 11 nitrogen and oxygen atoms in total. The van der Waals surface area contributed by atoms with Crippen LogP contribution in [0.25, 0.3) is 22.0 Å². The molecule has 160 valence electrons. The molecule has 0 aliphatic heterocycles. The fraction of sp³-hybridized carbons (Fsp3) is 0.100. The maximum Gasteiger partial charge on any atom is 0.300 e. The number of nitrogens with zero attached hydrogens (tertiary/aromatic N) is 4. The summed E-state index contributed by atoms with van der Waals surface area (Å²) >= 11 is 0. The van der Waals surface area contributed by atoms with Crippen LogP contribution >= 0.6 is 0 Å². The van der Waals surface area contributed by atoms with Gasteiger partial charge in [0.25, 0.3) is 11.9 Å². The molecular weight excluding hydrogens is 402 g/mol. The van der Waals surface area contributed by atoms with Gasteiger partial charge in [0.2, 0.25) is 5.95 Å². The van der Waals surface area contributed by atoms with Crippen LogP contribution in [0.1, 0.15) is 13.8 Å². The number of benzene rings is 1. The summed E-state index contributed by atoms with van der Waals surface area (Å²) in [5.74, 6) is -0.802. The van der Waals surface area contributed by atoms with Crippen LogP contribution in [0.4, 0.5) is 17.5 Å². The molecule has 4 rings (SSSR count). The molecule has 3 aromatic heterocycles. The number of aromatic amines is 1. The number of nitrogens with two attached hydrogens (primary N) is 1. The number of hydrogen-bond acceptors (Lipinski definition) is 8. The highest BCUT2D eigenvalue weighted by Gasteiger charge is 2.09. The Morgan fingerprint density at radius 2 is 1.77 bits per heavy atom. The second-order valence-electron chi connectivity index (χ2n) is 6.06. The molecule has 0 spiro atoms. The quantitative estimate of drug-likeness (QED) is 0.329. The first-order valence-electron chi connectivity index (χ1n) is 8.88. The number of nitrogen functional groups attached to an aromatic ring is 1. The number of carboxylic acids is 2. The molecule has 6 N–H and O–H groups in total. The maximum atomic E-state index is 9.00. The molecule has 0 radical (unpaired) electrons. The summed E-state index contributed by atoms with van der Waals surface area (Å²) in [6.45, 7) is 2.17. The highest BCUT2D eigenvalue weighted by Crippen LogP contribution is 2.31. The molecular formula is C20H21N7O4. The molecule has 0 aliphatic rings. The number of aliphatic carboxylic acids is 2. The fourth-order valence-corrected chi connectivity index (χ4v) is 2.47. The third kappa shape index (κ3) is 7.42. The van der Waals surface area contributed by atoms with E-state index >= 15 is 0 Å². The fourth-order valence-electron chi connectivity index (χ4n) is 2.47. The average Bonchev–Trinajstić information content (AvgIpc) is 3.16. The van der Waals surface area contributed by atoms with Crippen molar-refractivity contribution in [1.82, 2.24) is 25.1 Å². The van der Waals surface area contributed by atoms with Crippen molar-refractivity contribution in [2.24, 2.45) is 0 Å². The molecule has 1 aromatic carbocycles. The van der Waals surface area contributed by atoms with Crippen LogP contribution in [0.3, 0.4) is 0 Å². The van der Waals surface area contributed by atoms with Crippen LogP contribution in [0.2, 0.25) is 0 Å². The van der Waals surface area contributed by atoms with E-state index in [1.165, 1.54) is 0 Å². The summed E-state index contributed by atoms with van der Waals surface area (Å²) in [4.78, 5) is 30.2. The van der Waals surface area contributed by atoms with Gasteiger partial charge in [0, 0.05) is 54.6 Å². The lowest BCUT2D eigenvalue weighted by Gasteiger charge is -2.09. The van der Waals surface area contributed by atoms with Crippen molar-refractivity contribution in [2.75, 3.05) is 11.1 Å². The molecule has 0 bridgehead atoms. The standard InChI is InChI=1S/C16H13N7.2C2H4O2/c17-16-19-5-3-14(22-16)21-12-6-11-9-20-23-15(11)13(7-12)10-2-1-4-18-8-10;2*1-2(3)4/h1-9H,(H,20,23)(H3,17,19,21,22);2*1H3,(H,3,4). The molecule has 31 heavy (non-hydrogen) atoms. The van der Waals surface area contributed by atoms with E-state index in [1.807, 2.05) is 30.5 Å². The first-order valence-corrected chi connectivity index (χ1v) is 8.88. The number of anilines is 3. The summed E-state index contributed by atoms with van der Waals surface area (Å²) < 4.78 is 0. The zero-order chi connectivity index (χ0) is 22.8. The number of nitrogens with one attached hydrogen (secondary N) is 2. The van der Waals surface area contributed by atoms with Gasteiger partial charge >= 0.3 is 0 Å². The topological polar surface area (TPSA) is 180 Å². The van der Waals surface area contributed by atoms with Crippen molar-refractivity contribution >= 4 is 40.3 Å². The molecule has 4 aromatic rings. The molecule has 0 saturated heterocycles. The lowest BCUT2D eigenvalue weighted by atomic mass is 10.0. The van der Waals surface area contributed by atoms with E-state index in [1.54, 1.807) is 24.7 Å². The first kappa shape index (κ1) is 22.7. The van der Waals surface area contributed by atoms with Gasteiger partial charge in [-0.05, 0) is 24.3 Å². The third-order valence-corrected chi connectivity index (χ3v) is 3.47. The minimum Gasteiger partial charge on any atom is -0.481 e. The Hall–Kier alpha value is -4.54. The normalized spacial score (nSPS) is 9.61. The van der Waals surface area contributed by atoms with E-state index in [2.05, 4.69) is 30.5 Å². The summed E-state index contributed by atoms with van der Waals surface area (Å²) in [6.07, 6.45) is 6.97. The molecule has 11 heteroatoms. The van der Waals surface area contributed by atoms with Crippen LogP contribution in [0, 0.1) is 0 Å². The van der Waals surface area contributed by atoms with Gasteiger partial charge in [-0.2, -0.15) is 10.1 Å². The van der Waals surface area contributed by atoms with Crippen molar-refractivity contribution in [3.8, 4) is 11.1 Å². The number of carbonyl (C=O) groups is 2. The van der Waals surface area contributed by atoms with Gasteiger partial charge in [-0.25, -0.2) is 4.98 Å². The minimum absolute atomic E-state index is 0.229. The van der Waals surface area contributed by atoms with Gasteiger partial charge in [0.05, 0.1) is 11.7 Å². The second-order valence-corrected chi connectivity index (χ2v) is 6.06. The van der Waals surface area contributed by atoms with Crippen molar-refractivity contribution in [3.05, 3.63) is 55.1 Å². The van der Waals surface area contributed by atoms with Gasteiger partial charge in [-0.1, -0.05) is 6.07 Å². The second kappa shape index (κ2) is 10.9. The van der Waals surface area contributed by atoms with Gasteiger partial charge in [0.1, 0.15) is 5.82 Å². The summed E-state index contributed by atoms with van der Waals surface area (Å²) in [6, 6.07) is 9.70. The van der Waals surface area contributed by atoms with Crippen molar-refractivity contribution in [3.63, 3.8) is 0 Å². The Bertz CT molecular complexity index is 1140. The van der Waals surface area contributed by atoms with Gasteiger partial charge < -0.3 is 21.3 Å². The van der Waals surface area contributed by atoms with Crippen molar-refractivity contribution < 1.29 is 19.8 Å². The predicted molar refractivity (Wildman–Crippen MR) is 116 cm³/mol. The number of H-pyrrole nitrogens is 1. The number of rotatable bonds is 3. The minimum atomic E-state index is -0.833. The Morgan fingerprint density at radius 3 is 2.39 bits per heavy atom. The Labute approximate surface area is 177 Å². The summed E-state index contributed by atoms with van der Waals surface area (Å²) in [7, 11) is 0. The largest absolute Gasteiger partial charge is 0.481 e. The molecule has 0 fully saturated rings. The highest BCUT2D eigenvalue weighted by atomic mass is 16.4. The zero-order valence-corrected chi connectivity index (χ0v) is 16.8. The highest BCUT2D eigenvalue weighted by molar-refractivity contribution is 5.96. The SMILES string of the molecule is CC(=O)O.CC(=O)O.Nc1nccc(Nc2cc(-c3cccnc3)c3[nH]ncc3c2)n1. The molecule has 0 atom stereocenters. The molecule has 0 aliphatic carbocycles. The van der Waals surface area contributed by atoms with E-state index in [4.69, 9.17) is 25.5 Å². The Morgan fingerprint density at radius 1 is 1.06 bits per heavy atom. The number of aromatic nitrogens is 5.